The molecular weight excluding hydrogens is 411 g/mol. The third-order valence-corrected chi connectivity index (χ3v) is 6.18. The van der Waals surface area contributed by atoms with E-state index in [4.69, 9.17) is 11.6 Å². The summed E-state index contributed by atoms with van der Waals surface area (Å²) in [6, 6.07) is 13.9. The van der Waals surface area contributed by atoms with Gasteiger partial charge in [0.05, 0.1) is 16.9 Å². The number of aromatic nitrogens is 1. The molecule has 8 heteroatoms. The minimum absolute atomic E-state index is 0.0408. The van der Waals surface area contributed by atoms with Crippen LogP contribution in [0.15, 0.2) is 48.7 Å². The number of anilines is 1. The van der Waals surface area contributed by atoms with E-state index in [2.05, 4.69) is 4.98 Å². The summed E-state index contributed by atoms with van der Waals surface area (Å²) in [5, 5.41) is 10.5. The van der Waals surface area contributed by atoms with Gasteiger partial charge in [0.15, 0.2) is 0 Å². The van der Waals surface area contributed by atoms with Gasteiger partial charge >= 0.3 is 0 Å². The zero-order valence-electron chi connectivity index (χ0n) is 15.3. The van der Waals surface area contributed by atoms with Crippen LogP contribution in [0, 0.1) is 17.1 Å². The molecule has 4 rings (SSSR count). The molecular formula is C21H16ClFN4OS. The Bertz CT molecular complexity index is 1100. The van der Waals surface area contributed by atoms with Crippen LogP contribution >= 0.6 is 22.9 Å². The number of nitriles is 1. The van der Waals surface area contributed by atoms with Gasteiger partial charge in [0.2, 0.25) is 0 Å². The van der Waals surface area contributed by atoms with Crippen molar-refractivity contribution >= 4 is 34.5 Å². The van der Waals surface area contributed by atoms with E-state index in [9.17, 15) is 14.4 Å². The molecule has 29 heavy (non-hydrogen) atoms. The number of carbonyl (C=O) groups excluding carboxylic acids is 1. The highest BCUT2D eigenvalue weighted by molar-refractivity contribution is 7.17. The first-order valence-electron chi connectivity index (χ1n) is 9.02. The molecule has 0 N–H and O–H groups in total. The molecule has 1 fully saturated rings. The third kappa shape index (κ3) is 3.82. The molecule has 3 aromatic rings. The normalized spacial score (nSPS) is 14.0. The molecule has 146 valence electrons. The third-order valence-electron chi connectivity index (χ3n) is 4.83. The number of piperazine rings is 1. The standard InChI is InChI=1S/C21H16ClFN4OS/c22-16-5-2-1-4-14(16)20-25-13-19(29-20)21(28)27-10-8-26(9-11-27)18-7-3-6-17(23)15(18)12-24/h1-7,13H,8-11H2. The fraction of sp³-hybridized carbons (Fsp3) is 0.190. The highest BCUT2D eigenvalue weighted by atomic mass is 35.5. The van der Waals surface area contributed by atoms with E-state index in [1.807, 2.05) is 29.2 Å². The van der Waals surface area contributed by atoms with Crippen LogP contribution in [0.3, 0.4) is 0 Å². The van der Waals surface area contributed by atoms with Crippen molar-refractivity contribution in [2.24, 2.45) is 0 Å². The van der Waals surface area contributed by atoms with Gasteiger partial charge in [0, 0.05) is 31.7 Å². The van der Waals surface area contributed by atoms with E-state index >= 15 is 0 Å². The van der Waals surface area contributed by atoms with Crippen molar-refractivity contribution < 1.29 is 9.18 Å². The first-order chi connectivity index (χ1) is 14.1. The highest BCUT2D eigenvalue weighted by Gasteiger charge is 2.25. The minimum atomic E-state index is -0.528. The summed E-state index contributed by atoms with van der Waals surface area (Å²) < 4.78 is 13.9. The molecule has 2 heterocycles. The molecule has 5 nitrogen and oxygen atoms in total. The van der Waals surface area contributed by atoms with Crippen LogP contribution in [0.1, 0.15) is 15.2 Å². The Morgan fingerprint density at radius 1 is 1.14 bits per heavy atom. The predicted octanol–water partition coefficient (Wildman–Crippen LogP) is 4.44. The topological polar surface area (TPSA) is 60.2 Å². The van der Waals surface area contributed by atoms with E-state index in [0.717, 1.165) is 5.56 Å². The molecule has 0 radical (unpaired) electrons. The molecule has 1 amide bonds. The lowest BCUT2D eigenvalue weighted by molar-refractivity contribution is 0.0751. The Hall–Kier alpha value is -2.95. The van der Waals surface area contributed by atoms with Crippen LogP contribution in [-0.4, -0.2) is 42.0 Å². The SMILES string of the molecule is N#Cc1c(F)cccc1N1CCN(C(=O)c2cnc(-c3ccccc3Cl)s2)CC1. The number of amides is 1. The van der Waals surface area contributed by atoms with Gasteiger partial charge in [-0.25, -0.2) is 9.37 Å². The average Bonchev–Trinajstić information content (AvgIpc) is 3.23. The lowest BCUT2D eigenvalue weighted by Crippen LogP contribution is -2.48. The molecule has 0 saturated carbocycles. The number of rotatable bonds is 3. The van der Waals surface area contributed by atoms with E-state index in [1.165, 1.54) is 17.4 Å². The molecule has 2 aromatic carbocycles. The molecule has 0 bridgehead atoms. The van der Waals surface area contributed by atoms with Gasteiger partial charge in [-0.1, -0.05) is 35.9 Å². The second-order valence-corrected chi connectivity index (χ2v) is 7.97. The highest BCUT2D eigenvalue weighted by Crippen LogP contribution is 2.31. The van der Waals surface area contributed by atoms with Gasteiger partial charge in [-0.05, 0) is 18.2 Å². The van der Waals surface area contributed by atoms with E-state index in [1.54, 1.807) is 29.3 Å². The maximum Gasteiger partial charge on any atom is 0.265 e. The maximum atomic E-state index is 13.9. The Morgan fingerprint density at radius 2 is 1.90 bits per heavy atom. The van der Waals surface area contributed by atoms with Crippen molar-refractivity contribution in [3.05, 3.63) is 69.9 Å². The summed E-state index contributed by atoms with van der Waals surface area (Å²) in [5.74, 6) is -0.611. The Labute approximate surface area is 176 Å². The average molecular weight is 427 g/mol. The second kappa shape index (κ2) is 8.19. The van der Waals surface area contributed by atoms with Gasteiger partial charge in [0.1, 0.15) is 27.3 Å². The number of hydrogen-bond acceptors (Lipinski definition) is 5. The second-order valence-electron chi connectivity index (χ2n) is 6.53. The van der Waals surface area contributed by atoms with Crippen molar-refractivity contribution in [3.8, 4) is 16.6 Å². The largest absolute Gasteiger partial charge is 0.367 e. The fourth-order valence-corrected chi connectivity index (χ4v) is 4.53. The molecule has 1 aromatic heterocycles. The number of benzene rings is 2. The molecule has 0 aliphatic carbocycles. The predicted molar refractivity (Wildman–Crippen MR) is 112 cm³/mol. The lowest BCUT2D eigenvalue weighted by Gasteiger charge is -2.36. The Morgan fingerprint density at radius 3 is 2.62 bits per heavy atom. The zero-order chi connectivity index (χ0) is 20.4. The summed E-state index contributed by atoms with van der Waals surface area (Å²) in [5.41, 5.74) is 1.41. The van der Waals surface area contributed by atoms with Crippen LogP contribution in [-0.2, 0) is 0 Å². The molecule has 1 aliphatic rings. The number of nitrogens with zero attached hydrogens (tertiary/aromatic N) is 4. The van der Waals surface area contributed by atoms with Crippen molar-refractivity contribution in [2.45, 2.75) is 0 Å². The Balaban J connectivity index is 1.46. The van der Waals surface area contributed by atoms with Crippen LogP contribution in [0.25, 0.3) is 10.6 Å². The smallest absolute Gasteiger partial charge is 0.265 e. The summed E-state index contributed by atoms with van der Waals surface area (Å²) >= 11 is 7.54. The molecule has 0 atom stereocenters. The quantitative estimate of drug-likeness (QED) is 0.621. The van der Waals surface area contributed by atoms with Gasteiger partial charge in [-0.3, -0.25) is 4.79 Å². The molecule has 0 unspecified atom stereocenters. The number of halogens is 2. The maximum absolute atomic E-state index is 13.9. The van der Waals surface area contributed by atoms with Crippen LogP contribution in [0.2, 0.25) is 5.02 Å². The van der Waals surface area contributed by atoms with Gasteiger partial charge in [0.25, 0.3) is 5.91 Å². The minimum Gasteiger partial charge on any atom is -0.367 e. The number of hydrogen-bond donors (Lipinski definition) is 0. The van der Waals surface area contributed by atoms with E-state index < -0.39 is 5.82 Å². The number of thiazole rings is 1. The summed E-state index contributed by atoms with van der Waals surface area (Å²) in [7, 11) is 0. The Kier molecular flexibility index (Phi) is 5.47. The van der Waals surface area contributed by atoms with Crippen molar-refractivity contribution in [3.63, 3.8) is 0 Å². The molecule has 1 saturated heterocycles. The first kappa shape index (κ1) is 19.4. The van der Waals surface area contributed by atoms with Crippen molar-refractivity contribution in [1.29, 1.82) is 5.26 Å². The van der Waals surface area contributed by atoms with Gasteiger partial charge < -0.3 is 9.80 Å². The zero-order valence-corrected chi connectivity index (χ0v) is 16.9. The van der Waals surface area contributed by atoms with E-state index in [-0.39, 0.29) is 11.5 Å². The van der Waals surface area contributed by atoms with Crippen molar-refractivity contribution in [1.82, 2.24) is 9.88 Å². The number of carbonyl (C=O) groups is 1. The van der Waals surface area contributed by atoms with E-state index in [0.29, 0.717) is 46.8 Å². The first-order valence-corrected chi connectivity index (χ1v) is 10.2. The fourth-order valence-electron chi connectivity index (χ4n) is 3.33. The lowest BCUT2D eigenvalue weighted by atomic mass is 10.1. The van der Waals surface area contributed by atoms with Crippen molar-refractivity contribution in [2.75, 3.05) is 31.1 Å². The molecule has 0 spiro atoms. The van der Waals surface area contributed by atoms with Gasteiger partial charge in [-0.2, -0.15) is 5.26 Å². The summed E-state index contributed by atoms with van der Waals surface area (Å²) in [4.78, 5) is 21.5. The molecule has 1 aliphatic heterocycles. The van der Waals surface area contributed by atoms with Gasteiger partial charge in [-0.15, -0.1) is 11.3 Å². The monoisotopic (exact) mass is 426 g/mol. The van der Waals surface area contributed by atoms with Crippen LogP contribution in [0.4, 0.5) is 10.1 Å². The summed E-state index contributed by atoms with van der Waals surface area (Å²) in [6.45, 7) is 2.03. The van der Waals surface area contributed by atoms with Crippen LogP contribution < -0.4 is 4.90 Å². The van der Waals surface area contributed by atoms with Crippen LogP contribution in [0.5, 0.6) is 0 Å². The summed E-state index contributed by atoms with van der Waals surface area (Å²) in [6.07, 6.45) is 1.58.